The van der Waals surface area contributed by atoms with Gasteiger partial charge in [-0.3, -0.25) is 9.59 Å². The predicted octanol–water partition coefficient (Wildman–Crippen LogP) is 2.89. The van der Waals surface area contributed by atoms with Gasteiger partial charge in [-0.1, -0.05) is 30.3 Å². The second-order valence-electron chi connectivity index (χ2n) is 8.27. The first-order chi connectivity index (χ1) is 16.9. The summed E-state index contributed by atoms with van der Waals surface area (Å²) in [6, 6.07) is 20.4. The second kappa shape index (κ2) is 9.40. The van der Waals surface area contributed by atoms with E-state index in [0.717, 1.165) is 5.56 Å². The van der Waals surface area contributed by atoms with Crippen LogP contribution in [0.1, 0.15) is 12.0 Å². The van der Waals surface area contributed by atoms with Gasteiger partial charge < -0.3 is 19.7 Å². The third-order valence-electron chi connectivity index (χ3n) is 5.90. The highest BCUT2D eigenvalue weighted by atomic mass is 32.2. The number of amides is 2. The summed E-state index contributed by atoms with van der Waals surface area (Å²) in [6.45, 7) is 0.554. The Morgan fingerprint density at radius 3 is 2.49 bits per heavy atom. The summed E-state index contributed by atoms with van der Waals surface area (Å²) < 4.78 is 38.4. The third kappa shape index (κ3) is 4.98. The molecule has 180 valence electrons. The van der Waals surface area contributed by atoms with Crippen LogP contribution in [-0.2, 0) is 26.2 Å². The van der Waals surface area contributed by atoms with Gasteiger partial charge in [0.2, 0.25) is 28.6 Å². The minimum absolute atomic E-state index is 0.0795. The molecule has 2 heterocycles. The van der Waals surface area contributed by atoms with E-state index in [0.29, 0.717) is 22.9 Å². The maximum Gasteiger partial charge on any atom is 0.240 e. The molecule has 0 bridgehead atoms. The van der Waals surface area contributed by atoms with E-state index < -0.39 is 15.9 Å². The maximum absolute atomic E-state index is 12.8. The number of anilines is 2. The Morgan fingerprint density at radius 1 is 0.971 bits per heavy atom. The number of fused-ring (bicyclic) bond motifs is 1. The van der Waals surface area contributed by atoms with Crippen LogP contribution in [0.3, 0.4) is 0 Å². The van der Waals surface area contributed by atoms with Crippen LogP contribution in [0.25, 0.3) is 0 Å². The molecule has 2 aliphatic heterocycles. The van der Waals surface area contributed by atoms with Crippen LogP contribution >= 0.6 is 0 Å². The van der Waals surface area contributed by atoms with Crippen molar-refractivity contribution in [2.24, 2.45) is 5.92 Å². The average molecular weight is 494 g/mol. The molecule has 0 radical (unpaired) electrons. The molecule has 35 heavy (non-hydrogen) atoms. The summed E-state index contributed by atoms with van der Waals surface area (Å²) in [5, 5.41) is 2.78. The molecule has 3 aromatic carbocycles. The van der Waals surface area contributed by atoms with Gasteiger partial charge in [0.1, 0.15) is 0 Å². The molecule has 1 fully saturated rings. The van der Waals surface area contributed by atoms with Crippen molar-refractivity contribution in [1.29, 1.82) is 0 Å². The Balaban J connectivity index is 1.20. The number of benzene rings is 3. The van der Waals surface area contributed by atoms with Crippen LogP contribution in [0, 0.1) is 5.92 Å². The van der Waals surface area contributed by atoms with Gasteiger partial charge in [0, 0.05) is 37.0 Å². The summed E-state index contributed by atoms with van der Waals surface area (Å²) >= 11 is 0. The number of nitrogens with zero attached hydrogens (tertiary/aromatic N) is 1. The van der Waals surface area contributed by atoms with Crippen LogP contribution in [0.4, 0.5) is 11.4 Å². The van der Waals surface area contributed by atoms with Gasteiger partial charge in [0.15, 0.2) is 11.5 Å². The van der Waals surface area contributed by atoms with Crippen molar-refractivity contribution in [1.82, 2.24) is 4.72 Å². The van der Waals surface area contributed by atoms with E-state index >= 15 is 0 Å². The number of sulfonamides is 1. The van der Waals surface area contributed by atoms with E-state index in [1.165, 1.54) is 24.3 Å². The Bertz CT molecular complexity index is 1360. The van der Waals surface area contributed by atoms with Gasteiger partial charge in [-0.15, -0.1) is 0 Å². The maximum atomic E-state index is 12.8. The van der Waals surface area contributed by atoms with Crippen LogP contribution in [0.15, 0.2) is 77.7 Å². The van der Waals surface area contributed by atoms with Crippen molar-refractivity contribution in [3.8, 4) is 11.5 Å². The fraction of sp³-hybridized carbons (Fsp3) is 0.200. The molecule has 3 aromatic rings. The van der Waals surface area contributed by atoms with Gasteiger partial charge >= 0.3 is 0 Å². The molecule has 0 spiro atoms. The highest BCUT2D eigenvalue weighted by Crippen LogP contribution is 2.37. The van der Waals surface area contributed by atoms with Gasteiger partial charge in [0.05, 0.1) is 10.8 Å². The standard InChI is InChI=1S/C25H23N3O6S/c29-24-12-18(15-28(24)20-8-11-22-23(13-20)34-16-33-22)25(30)27-19-6-9-21(10-7-19)35(31,32)26-14-17-4-2-1-3-5-17/h1-11,13,18,26H,12,14-16H2,(H,27,30). The largest absolute Gasteiger partial charge is 0.454 e. The number of hydrogen-bond acceptors (Lipinski definition) is 6. The first-order valence-electron chi connectivity index (χ1n) is 11.0. The van der Waals surface area contributed by atoms with Gasteiger partial charge in [-0.25, -0.2) is 13.1 Å². The molecule has 1 unspecified atom stereocenters. The molecule has 2 N–H and O–H groups in total. The number of carbonyl (C=O) groups excluding carboxylic acids is 2. The van der Waals surface area contributed by atoms with Crippen LogP contribution in [0.5, 0.6) is 11.5 Å². The van der Waals surface area contributed by atoms with Crippen molar-refractivity contribution in [2.45, 2.75) is 17.9 Å². The molecule has 1 atom stereocenters. The van der Waals surface area contributed by atoms with Gasteiger partial charge in [-0.05, 0) is 42.0 Å². The molecule has 0 saturated carbocycles. The molecule has 0 aliphatic carbocycles. The van der Waals surface area contributed by atoms with E-state index in [1.807, 2.05) is 30.3 Å². The Kier molecular flexibility index (Phi) is 6.14. The van der Waals surface area contributed by atoms with Gasteiger partial charge in [0.25, 0.3) is 0 Å². The Labute approximate surface area is 202 Å². The Morgan fingerprint density at radius 2 is 1.71 bits per heavy atom. The summed E-state index contributed by atoms with van der Waals surface area (Å²) in [7, 11) is -3.70. The van der Waals surface area contributed by atoms with E-state index in [9.17, 15) is 18.0 Å². The lowest BCUT2D eigenvalue weighted by atomic mass is 10.1. The minimum Gasteiger partial charge on any atom is -0.454 e. The topological polar surface area (TPSA) is 114 Å². The van der Waals surface area contributed by atoms with E-state index in [2.05, 4.69) is 10.0 Å². The van der Waals surface area contributed by atoms with Crippen molar-refractivity contribution < 1.29 is 27.5 Å². The summed E-state index contributed by atoms with van der Waals surface area (Å²) in [6.07, 6.45) is 0.0795. The van der Waals surface area contributed by atoms with Crippen LogP contribution < -0.4 is 24.4 Å². The molecule has 0 aromatic heterocycles. The molecule has 9 nitrogen and oxygen atoms in total. The lowest BCUT2D eigenvalue weighted by molar-refractivity contribution is -0.122. The molecule has 10 heteroatoms. The number of rotatable bonds is 7. The zero-order valence-corrected chi connectivity index (χ0v) is 19.5. The number of nitrogens with one attached hydrogen (secondary N) is 2. The van der Waals surface area contributed by atoms with E-state index in [1.54, 1.807) is 23.1 Å². The highest BCUT2D eigenvalue weighted by molar-refractivity contribution is 7.89. The molecule has 2 aliphatic rings. The van der Waals surface area contributed by atoms with Crippen LogP contribution in [0.2, 0.25) is 0 Å². The average Bonchev–Trinajstić information content (AvgIpc) is 3.50. The second-order valence-corrected chi connectivity index (χ2v) is 10.0. The monoisotopic (exact) mass is 493 g/mol. The number of carbonyl (C=O) groups is 2. The summed E-state index contributed by atoms with van der Waals surface area (Å²) in [4.78, 5) is 27.0. The zero-order valence-electron chi connectivity index (χ0n) is 18.6. The third-order valence-corrected chi connectivity index (χ3v) is 7.32. The minimum atomic E-state index is -3.70. The van der Waals surface area contributed by atoms with E-state index in [-0.39, 0.29) is 43.0 Å². The lowest BCUT2D eigenvalue weighted by Crippen LogP contribution is -2.28. The highest BCUT2D eigenvalue weighted by Gasteiger charge is 2.35. The first-order valence-corrected chi connectivity index (χ1v) is 12.5. The number of ether oxygens (including phenoxy) is 2. The summed E-state index contributed by atoms with van der Waals surface area (Å²) in [5.74, 6) is 0.185. The van der Waals surface area contributed by atoms with Crippen molar-refractivity contribution >= 4 is 33.2 Å². The normalized spacial score (nSPS) is 17.0. The molecular formula is C25H23N3O6S. The number of hydrogen-bond donors (Lipinski definition) is 2. The van der Waals surface area contributed by atoms with E-state index in [4.69, 9.17) is 9.47 Å². The molecule has 5 rings (SSSR count). The lowest BCUT2D eigenvalue weighted by Gasteiger charge is -2.17. The van der Waals surface area contributed by atoms with Crippen LogP contribution in [-0.4, -0.2) is 33.6 Å². The smallest absolute Gasteiger partial charge is 0.240 e. The fourth-order valence-corrected chi connectivity index (χ4v) is 5.02. The Hall–Kier alpha value is -3.89. The predicted molar refractivity (Wildman–Crippen MR) is 129 cm³/mol. The molecule has 2 amide bonds. The van der Waals surface area contributed by atoms with Gasteiger partial charge in [-0.2, -0.15) is 0 Å². The van der Waals surface area contributed by atoms with Crippen molar-refractivity contribution in [2.75, 3.05) is 23.6 Å². The molecular weight excluding hydrogens is 470 g/mol. The fourth-order valence-electron chi connectivity index (χ4n) is 4.01. The molecule has 1 saturated heterocycles. The van der Waals surface area contributed by atoms with Crippen molar-refractivity contribution in [3.63, 3.8) is 0 Å². The summed E-state index contributed by atoms with van der Waals surface area (Å²) in [5.41, 5.74) is 1.94. The van der Waals surface area contributed by atoms with Crippen molar-refractivity contribution in [3.05, 3.63) is 78.4 Å². The quantitative estimate of drug-likeness (QED) is 0.523. The SMILES string of the molecule is O=C(Nc1ccc(S(=O)(=O)NCc2ccccc2)cc1)C1CC(=O)N(c2ccc3c(c2)OCO3)C1. The first kappa shape index (κ1) is 22.9. The zero-order chi connectivity index (χ0) is 24.4.